The van der Waals surface area contributed by atoms with E-state index in [0.29, 0.717) is 19.3 Å². The van der Waals surface area contributed by atoms with E-state index in [-0.39, 0.29) is 31.1 Å². The minimum Gasteiger partial charge on any atom is -0.462 e. The predicted molar refractivity (Wildman–Crippen MR) is 330 cm³/mol. The molecule has 0 saturated heterocycles. The summed E-state index contributed by atoms with van der Waals surface area (Å²) in [5.41, 5.74) is 0. The van der Waals surface area contributed by atoms with Gasteiger partial charge in [-0.15, -0.1) is 0 Å². The Hall–Kier alpha value is -3.15. The van der Waals surface area contributed by atoms with Crippen LogP contribution in [-0.2, 0) is 28.6 Å². The lowest BCUT2D eigenvalue weighted by atomic mass is 10.0. The molecule has 0 rings (SSSR count). The van der Waals surface area contributed by atoms with Crippen LogP contribution in [0.2, 0.25) is 0 Å². The molecule has 6 heteroatoms. The number of hydrogen-bond acceptors (Lipinski definition) is 6. The van der Waals surface area contributed by atoms with E-state index in [1.54, 1.807) is 0 Å². The summed E-state index contributed by atoms with van der Waals surface area (Å²) in [7, 11) is 0. The highest BCUT2D eigenvalue weighted by atomic mass is 16.6. The molecular formula is C70H124O6. The fourth-order valence-electron chi connectivity index (χ4n) is 9.48. The molecule has 0 heterocycles. The van der Waals surface area contributed by atoms with Gasteiger partial charge in [-0.25, -0.2) is 0 Å². The minimum absolute atomic E-state index is 0.0818. The van der Waals surface area contributed by atoms with Gasteiger partial charge in [-0.1, -0.05) is 280 Å². The van der Waals surface area contributed by atoms with E-state index in [2.05, 4.69) is 93.7 Å². The summed E-state index contributed by atoms with van der Waals surface area (Å²) in [5, 5.41) is 0. The quantitative estimate of drug-likeness (QED) is 0.0261. The van der Waals surface area contributed by atoms with Crippen molar-refractivity contribution in [3.8, 4) is 0 Å². The van der Waals surface area contributed by atoms with E-state index in [0.717, 1.165) is 103 Å². The molecule has 0 aliphatic carbocycles. The Morgan fingerprint density at radius 1 is 0.276 bits per heavy atom. The first kappa shape index (κ1) is 72.8. The topological polar surface area (TPSA) is 78.9 Å². The summed E-state index contributed by atoms with van der Waals surface area (Å²) < 4.78 is 16.9. The van der Waals surface area contributed by atoms with Crippen LogP contribution in [0.25, 0.3) is 0 Å². The summed E-state index contributed by atoms with van der Waals surface area (Å²) in [6, 6.07) is 0. The SMILES string of the molecule is CC/C=C\C/C=C\C/C=C\C/C=C\CCCCCCCCC(=O)OC(COC(=O)CCCCCCC/C=C\CCCCC)COC(=O)CCCCCCCCCCCCCCCCC/C=C\CCCCCCCCCC. The number of esters is 3. The lowest BCUT2D eigenvalue weighted by Crippen LogP contribution is -2.30. The van der Waals surface area contributed by atoms with Crippen molar-refractivity contribution >= 4 is 17.9 Å². The minimum atomic E-state index is -0.787. The molecule has 0 aromatic rings. The largest absolute Gasteiger partial charge is 0.462 e. The molecule has 0 radical (unpaired) electrons. The van der Waals surface area contributed by atoms with Crippen molar-refractivity contribution in [3.05, 3.63) is 72.9 Å². The van der Waals surface area contributed by atoms with Crippen LogP contribution in [0.3, 0.4) is 0 Å². The van der Waals surface area contributed by atoms with Gasteiger partial charge in [-0.05, 0) is 109 Å². The van der Waals surface area contributed by atoms with Crippen molar-refractivity contribution in [1.29, 1.82) is 0 Å². The Balaban J connectivity index is 4.25. The van der Waals surface area contributed by atoms with Gasteiger partial charge in [0, 0.05) is 19.3 Å². The van der Waals surface area contributed by atoms with Crippen LogP contribution in [0.15, 0.2) is 72.9 Å². The van der Waals surface area contributed by atoms with Crippen molar-refractivity contribution in [3.63, 3.8) is 0 Å². The zero-order chi connectivity index (χ0) is 55.0. The maximum atomic E-state index is 12.9. The van der Waals surface area contributed by atoms with Crippen molar-refractivity contribution in [2.75, 3.05) is 13.2 Å². The molecule has 0 saturated carbocycles. The first-order valence-corrected chi connectivity index (χ1v) is 32.9. The number of carbonyl (C=O) groups is 3. The maximum absolute atomic E-state index is 12.9. The molecule has 0 bridgehead atoms. The molecule has 0 fully saturated rings. The normalized spacial score (nSPS) is 12.5. The van der Waals surface area contributed by atoms with E-state index < -0.39 is 6.10 Å². The molecule has 0 amide bonds. The van der Waals surface area contributed by atoms with Crippen LogP contribution in [0.4, 0.5) is 0 Å². The van der Waals surface area contributed by atoms with E-state index in [9.17, 15) is 14.4 Å². The van der Waals surface area contributed by atoms with Crippen LogP contribution in [0.5, 0.6) is 0 Å². The number of rotatable bonds is 60. The zero-order valence-electron chi connectivity index (χ0n) is 50.5. The van der Waals surface area contributed by atoms with E-state index in [4.69, 9.17) is 14.2 Å². The Morgan fingerprint density at radius 2 is 0.513 bits per heavy atom. The first-order chi connectivity index (χ1) is 37.5. The van der Waals surface area contributed by atoms with Gasteiger partial charge in [0.2, 0.25) is 0 Å². The molecule has 0 aromatic heterocycles. The lowest BCUT2D eigenvalue weighted by Gasteiger charge is -2.18. The monoisotopic (exact) mass is 1060 g/mol. The van der Waals surface area contributed by atoms with Crippen LogP contribution < -0.4 is 0 Å². The van der Waals surface area contributed by atoms with Gasteiger partial charge >= 0.3 is 17.9 Å². The third-order valence-electron chi connectivity index (χ3n) is 14.4. The second-order valence-corrected chi connectivity index (χ2v) is 22.0. The zero-order valence-corrected chi connectivity index (χ0v) is 50.5. The number of allylic oxidation sites excluding steroid dienone is 12. The highest BCUT2D eigenvalue weighted by molar-refractivity contribution is 5.71. The first-order valence-electron chi connectivity index (χ1n) is 32.9. The highest BCUT2D eigenvalue weighted by Gasteiger charge is 2.19. The molecule has 0 aliphatic heterocycles. The standard InChI is InChI=1S/C70H124O6/c1-4-7-10-13-16-19-22-25-27-29-31-32-33-34-35-36-37-38-40-41-43-45-48-51-54-57-60-63-69(72)75-66-67(65-74-68(71)62-59-56-53-50-47-24-21-18-15-12-9-6-3)76-70(73)64-61-58-55-52-49-46-44-42-39-30-28-26-23-20-17-14-11-8-5-2/h8,11,17-18,20-21,26,28-29,31,39,42,67H,4-7,9-10,12-16,19,22-25,27,30,32-38,40-41,43-66H2,1-3H3/b11-8-,20-17-,21-18-,28-26-,31-29-,42-39-. The molecule has 0 N–H and O–H groups in total. The molecule has 440 valence electrons. The molecule has 1 unspecified atom stereocenters. The molecule has 6 nitrogen and oxygen atoms in total. The molecule has 76 heavy (non-hydrogen) atoms. The lowest BCUT2D eigenvalue weighted by molar-refractivity contribution is -0.167. The van der Waals surface area contributed by atoms with Gasteiger partial charge in [0.15, 0.2) is 6.10 Å². The Morgan fingerprint density at radius 3 is 0.842 bits per heavy atom. The Kier molecular flexibility index (Phi) is 61.7. The molecular weight excluding hydrogens is 937 g/mol. The molecule has 1 atom stereocenters. The van der Waals surface area contributed by atoms with Gasteiger partial charge in [-0.2, -0.15) is 0 Å². The fraction of sp³-hybridized carbons (Fsp3) is 0.786. The second kappa shape index (κ2) is 64.4. The molecule has 0 spiro atoms. The maximum Gasteiger partial charge on any atom is 0.306 e. The molecule has 0 aliphatic rings. The number of ether oxygens (including phenoxy) is 3. The van der Waals surface area contributed by atoms with Crippen LogP contribution in [-0.4, -0.2) is 37.2 Å². The average molecular weight is 1060 g/mol. The van der Waals surface area contributed by atoms with E-state index >= 15 is 0 Å². The predicted octanol–water partition coefficient (Wildman–Crippen LogP) is 22.5. The summed E-state index contributed by atoms with van der Waals surface area (Å²) in [6.07, 6.45) is 83.5. The van der Waals surface area contributed by atoms with E-state index in [1.807, 2.05) is 0 Å². The number of carbonyl (C=O) groups excluding carboxylic acids is 3. The van der Waals surface area contributed by atoms with Crippen molar-refractivity contribution in [1.82, 2.24) is 0 Å². The van der Waals surface area contributed by atoms with Crippen LogP contribution in [0, 0.1) is 0 Å². The van der Waals surface area contributed by atoms with E-state index in [1.165, 1.54) is 193 Å². The summed E-state index contributed by atoms with van der Waals surface area (Å²) in [4.78, 5) is 38.3. The third-order valence-corrected chi connectivity index (χ3v) is 14.4. The summed E-state index contributed by atoms with van der Waals surface area (Å²) in [5.74, 6) is -0.891. The van der Waals surface area contributed by atoms with Crippen LogP contribution in [0.1, 0.15) is 335 Å². The fourth-order valence-corrected chi connectivity index (χ4v) is 9.48. The van der Waals surface area contributed by atoms with Gasteiger partial charge in [0.1, 0.15) is 13.2 Å². The number of unbranched alkanes of at least 4 members (excludes halogenated alkanes) is 37. The van der Waals surface area contributed by atoms with Crippen molar-refractivity contribution in [2.45, 2.75) is 341 Å². The van der Waals surface area contributed by atoms with Gasteiger partial charge in [-0.3, -0.25) is 14.4 Å². The third kappa shape index (κ3) is 61.7. The Bertz CT molecular complexity index is 1400. The molecule has 0 aromatic carbocycles. The Labute approximate surface area is 472 Å². The average Bonchev–Trinajstić information content (AvgIpc) is 3.42. The van der Waals surface area contributed by atoms with Crippen LogP contribution >= 0.6 is 0 Å². The summed E-state index contributed by atoms with van der Waals surface area (Å²) in [6.45, 7) is 6.52. The van der Waals surface area contributed by atoms with Crippen molar-refractivity contribution in [2.24, 2.45) is 0 Å². The van der Waals surface area contributed by atoms with Gasteiger partial charge < -0.3 is 14.2 Å². The second-order valence-electron chi connectivity index (χ2n) is 22.0. The highest BCUT2D eigenvalue weighted by Crippen LogP contribution is 2.17. The van der Waals surface area contributed by atoms with Gasteiger partial charge in [0.25, 0.3) is 0 Å². The van der Waals surface area contributed by atoms with Crippen molar-refractivity contribution < 1.29 is 28.6 Å². The summed E-state index contributed by atoms with van der Waals surface area (Å²) >= 11 is 0. The number of hydrogen-bond donors (Lipinski definition) is 0. The smallest absolute Gasteiger partial charge is 0.306 e. The van der Waals surface area contributed by atoms with Gasteiger partial charge in [0.05, 0.1) is 0 Å².